The third kappa shape index (κ3) is 1.16. The fraction of sp³-hybridized carbons (Fsp3) is 0.562. The molecule has 2 heteroatoms. The fourth-order valence-electron chi connectivity index (χ4n) is 4.65. The average molecular weight is 241 g/mol. The smallest absolute Gasteiger partial charge is 0.227 e. The molecule has 2 atom stereocenters. The lowest BCUT2D eigenvalue weighted by atomic mass is 9.66. The standard InChI is InChI=1S/C16H19NO/c18-15-11-12-5-1-2-7-14(12)16-9-4-3-6-13(16)8-10-17(15)16/h1-2,5,7,13H,3-4,6,8-11H2. The number of carbonyl (C=O) groups is 1. The summed E-state index contributed by atoms with van der Waals surface area (Å²) in [6.07, 6.45) is 6.93. The van der Waals surface area contributed by atoms with Crippen molar-refractivity contribution >= 4 is 5.91 Å². The van der Waals surface area contributed by atoms with Crippen LogP contribution in [0.5, 0.6) is 0 Å². The van der Waals surface area contributed by atoms with Gasteiger partial charge in [-0.1, -0.05) is 37.1 Å². The zero-order valence-corrected chi connectivity index (χ0v) is 10.7. The molecule has 2 fully saturated rings. The van der Waals surface area contributed by atoms with E-state index in [2.05, 4.69) is 29.2 Å². The quantitative estimate of drug-likeness (QED) is 0.684. The van der Waals surface area contributed by atoms with Gasteiger partial charge in [-0.2, -0.15) is 0 Å². The van der Waals surface area contributed by atoms with Crippen LogP contribution < -0.4 is 0 Å². The predicted molar refractivity (Wildman–Crippen MR) is 70.1 cm³/mol. The average Bonchev–Trinajstić information content (AvgIpc) is 2.80. The molecule has 1 aliphatic carbocycles. The van der Waals surface area contributed by atoms with E-state index in [0.29, 0.717) is 18.2 Å². The molecule has 18 heavy (non-hydrogen) atoms. The van der Waals surface area contributed by atoms with Gasteiger partial charge in [0, 0.05) is 6.54 Å². The second-order valence-electron chi connectivity index (χ2n) is 6.03. The van der Waals surface area contributed by atoms with Crippen LogP contribution in [0.1, 0.15) is 43.2 Å². The highest BCUT2D eigenvalue weighted by atomic mass is 16.2. The maximum absolute atomic E-state index is 12.4. The normalized spacial score (nSPS) is 33.9. The number of nitrogens with zero attached hydrogens (tertiary/aromatic N) is 1. The van der Waals surface area contributed by atoms with Gasteiger partial charge in [0.15, 0.2) is 0 Å². The van der Waals surface area contributed by atoms with Crippen molar-refractivity contribution in [1.29, 1.82) is 0 Å². The molecule has 4 rings (SSSR count). The Hall–Kier alpha value is -1.31. The van der Waals surface area contributed by atoms with Crippen LogP contribution >= 0.6 is 0 Å². The molecule has 1 spiro atoms. The van der Waals surface area contributed by atoms with E-state index in [-0.39, 0.29) is 5.54 Å². The van der Waals surface area contributed by atoms with Gasteiger partial charge in [0.25, 0.3) is 0 Å². The van der Waals surface area contributed by atoms with Gasteiger partial charge >= 0.3 is 0 Å². The van der Waals surface area contributed by atoms with Gasteiger partial charge in [-0.05, 0) is 36.3 Å². The summed E-state index contributed by atoms with van der Waals surface area (Å²) < 4.78 is 0. The number of hydrogen-bond acceptors (Lipinski definition) is 1. The molecule has 1 amide bonds. The molecule has 94 valence electrons. The zero-order chi connectivity index (χ0) is 12.2. The summed E-state index contributed by atoms with van der Waals surface area (Å²) in [6, 6.07) is 8.65. The van der Waals surface area contributed by atoms with Gasteiger partial charge < -0.3 is 4.90 Å². The third-order valence-electron chi connectivity index (χ3n) is 5.35. The van der Waals surface area contributed by atoms with Gasteiger partial charge in [-0.15, -0.1) is 0 Å². The van der Waals surface area contributed by atoms with E-state index in [1.807, 2.05) is 0 Å². The third-order valence-corrected chi connectivity index (χ3v) is 5.35. The monoisotopic (exact) mass is 241 g/mol. The highest BCUT2D eigenvalue weighted by molar-refractivity contribution is 5.83. The lowest BCUT2D eigenvalue weighted by Crippen LogP contribution is -2.53. The molecule has 1 aromatic rings. The first-order valence-electron chi connectivity index (χ1n) is 7.21. The van der Waals surface area contributed by atoms with Gasteiger partial charge in [-0.25, -0.2) is 0 Å². The van der Waals surface area contributed by atoms with E-state index in [9.17, 15) is 4.79 Å². The largest absolute Gasteiger partial charge is 0.332 e. The Morgan fingerprint density at radius 3 is 3.00 bits per heavy atom. The summed E-state index contributed by atoms with van der Waals surface area (Å²) in [5, 5.41) is 0. The Balaban J connectivity index is 1.94. The van der Waals surface area contributed by atoms with Crippen molar-refractivity contribution in [2.45, 2.75) is 44.1 Å². The topological polar surface area (TPSA) is 20.3 Å². The van der Waals surface area contributed by atoms with E-state index in [1.165, 1.54) is 43.2 Å². The Bertz CT molecular complexity index is 510. The lowest BCUT2D eigenvalue weighted by molar-refractivity contribution is -0.138. The molecule has 0 aromatic heterocycles. The van der Waals surface area contributed by atoms with E-state index in [1.54, 1.807) is 0 Å². The molecule has 2 aliphatic heterocycles. The molecular formula is C16H19NO. The molecule has 2 unspecified atom stereocenters. The molecule has 0 radical (unpaired) electrons. The SMILES string of the molecule is O=C1Cc2ccccc2C23CCCCC2CCN13. The number of hydrogen-bond donors (Lipinski definition) is 0. The fourth-order valence-corrected chi connectivity index (χ4v) is 4.65. The van der Waals surface area contributed by atoms with Crippen LogP contribution in [0.15, 0.2) is 24.3 Å². The molecule has 0 bridgehead atoms. The van der Waals surface area contributed by atoms with Crippen LogP contribution in [-0.4, -0.2) is 17.4 Å². The van der Waals surface area contributed by atoms with Crippen molar-refractivity contribution in [1.82, 2.24) is 4.90 Å². The lowest BCUT2D eigenvalue weighted by Gasteiger charge is -2.49. The van der Waals surface area contributed by atoms with Crippen molar-refractivity contribution in [2.24, 2.45) is 5.92 Å². The summed E-state index contributed by atoms with van der Waals surface area (Å²) in [5.41, 5.74) is 2.82. The van der Waals surface area contributed by atoms with Crippen LogP contribution in [-0.2, 0) is 16.8 Å². The summed E-state index contributed by atoms with van der Waals surface area (Å²) in [5.74, 6) is 1.06. The minimum absolute atomic E-state index is 0.0736. The Kier molecular flexibility index (Phi) is 2.12. The summed E-state index contributed by atoms with van der Waals surface area (Å²) in [4.78, 5) is 14.6. The minimum Gasteiger partial charge on any atom is -0.332 e. The summed E-state index contributed by atoms with van der Waals surface area (Å²) in [6.45, 7) is 0.984. The summed E-state index contributed by atoms with van der Waals surface area (Å²) in [7, 11) is 0. The van der Waals surface area contributed by atoms with Gasteiger partial charge in [0.05, 0.1) is 12.0 Å². The first-order valence-corrected chi connectivity index (χ1v) is 7.21. The molecule has 2 nitrogen and oxygen atoms in total. The van der Waals surface area contributed by atoms with Crippen molar-refractivity contribution in [3.63, 3.8) is 0 Å². The number of carbonyl (C=O) groups excluding carboxylic acids is 1. The van der Waals surface area contributed by atoms with Crippen molar-refractivity contribution < 1.29 is 4.79 Å². The van der Waals surface area contributed by atoms with Crippen molar-refractivity contribution in [2.75, 3.05) is 6.54 Å². The van der Waals surface area contributed by atoms with Gasteiger partial charge in [-0.3, -0.25) is 4.79 Å². The van der Waals surface area contributed by atoms with Crippen LogP contribution in [0.25, 0.3) is 0 Å². The molecule has 1 saturated carbocycles. The number of fused-ring (bicyclic) bond motifs is 1. The zero-order valence-electron chi connectivity index (χ0n) is 10.7. The van der Waals surface area contributed by atoms with Crippen LogP contribution in [0.2, 0.25) is 0 Å². The second-order valence-corrected chi connectivity index (χ2v) is 6.03. The van der Waals surface area contributed by atoms with Crippen molar-refractivity contribution in [3.8, 4) is 0 Å². The van der Waals surface area contributed by atoms with Gasteiger partial charge in [0.1, 0.15) is 0 Å². The molecule has 3 aliphatic rings. The molecule has 2 heterocycles. The van der Waals surface area contributed by atoms with Gasteiger partial charge in [0.2, 0.25) is 5.91 Å². The Labute approximate surface area is 108 Å². The van der Waals surface area contributed by atoms with E-state index in [4.69, 9.17) is 0 Å². The Morgan fingerprint density at radius 2 is 2.06 bits per heavy atom. The predicted octanol–water partition coefficient (Wildman–Crippen LogP) is 2.86. The number of benzene rings is 1. The van der Waals surface area contributed by atoms with Crippen molar-refractivity contribution in [3.05, 3.63) is 35.4 Å². The maximum Gasteiger partial charge on any atom is 0.227 e. The molecule has 0 N–H and O–H groups in total. The summed E-state index contributed by atoms with van der Waals surface area (Å²) >= 11 is 0. The maximum atomic E-state index is 12.4. The van der Waals surface area contributed by atoms with E-state index >= 15 is 0 Å². The first-order chi connectivity index (χ1) is 8.82. The van der Waals surface area contributed by atoms with Crippen LogP contribution in [0.4, 0.5) is 0 Å². The molecule has 1 saturated heterocycles. The van der Waals surface area contributed by atoms with E-state index < -0.39 is 0 Å². The first kappa shape index (κ1) is 10.6. The minimum atomic E-state index is 0.0736. The Morgan fingerprint density at radius 1 is 1.17 bits per heavy atom. The molecular weight excluding hydrogens is 222 g/mol. The number of rotatable bonds is 0. The van der Waals surface area contributed by atoms with Crippen LogP contribution in [0, 0.1) is 5.92 Å². The highest BCUT2D eigenvalue weighted by Crippen LogP contribution is 2.54. The van der Waals surface area contributed by atoms with Crippen LogP contribution in [0.3, 0.4) is 0 Å². The molecule has 1 aromatic carbocycles. The second kappa shape index (κ2) is 3.59. The van der Waals surface area contributed by atoms with E-state index in [0.717, 1.165) is 6.54 Å². The number of amides is 1. The highest BCUT2D eigenvalue weighted by Gasteiger charge is 2.55.